The average molecular weight is 585 g/mol. The first-order valence-corrected chi connectivity index (χ1v) is 14.0. The first-order chi connectivity index (χ1) is 20.7. The van der Waals surface area contributed by atoms with Gasteiger partial charge in [-0.05, 0) is 73.9 Å². The zero-order chi connectivity index (χ0) is 31.1. The molecule has 0 aliphatic carbocycles. The molecule has 10 heteroatoms. The molecule has 3 aromatic carbocycles. The maximum Gasteiger partial charge on any atom is 0.153 e. The zero-order valence-electron chi connectivity index (χ0n) is 24.5. The number of hydrogen-bond donors (Lipinski definition) is 3. The highest BCUT2D eigenvalue weighted by Gasteiger charge is 2.34. The Kier molecular flexibility index (Phi) is 10.2. The summed E-state index contributed by atoms with van der Waals surface area (Å²) in [6.07, 6.45) is 4.64. The molecule has 3 N–H and O–H groups in total. The van der Waals surface area contributed by atoms with Crippen LogP contribution in [0.4, 0.5) is 0 Å². The fourth-order valence-electron chi connectivity index (χ4n) is 5.46. The number of carbonyl (C=O) groups is 3. The van der Waals surface area contributed by atoms with Gasteiger partial charge in [0.15, 0.2) is 18.9 Å². The van der Waals surface area contributed by atoms with Crippen molar-refractivity contribution < 1.29 is 29.7 Å². The highest BCUT2D eigenvalue weighted by Crippen LogP contribution is 2.37. The van der Waals surface area contributed by atoms with Crippen LogP contribution in [0.3, 0.4) is 0 Å². The quantitative estimate of drug-likeness (QED) is 0.214. The topological polar surface area (TPSA) is 143 Å². The smallest absolute Gasteiger partial charge is 0.153 e. The third kappa shape index (κ3) is 7.22. The van der Waals surface area contributed by atoms with Crippen molar-refractivity contribution in [2.75, 3.05) is 39.3 Å². The maximum absolute atomic E-state index is 11.7. The number of aryl methyl sites for hydroxylation is 3. The minimum atomic E-state index is -0.341. The fourth-order valence-corrected chi connectivity index (χ4v) is 5.46. The van der Waals surface area contributed by atoms with E-state index < -0.39 is 0 Å². The van der Waals surface area contributed by atoms with E-state index >= 15 is 0 Å². The minimum Gasteiger partial charge on any atom is -0.507 e. The number of aromatic hydroxyl groups is 3. The third-order valence-corrected chi connectivity index (χ3v) is 7.46. The molecule has 1 aliphatic heterocycles. The van der Waals surface area contributed by atoms with E-state index in [1.807, 2.05) is 26.8 Å². The number of phenolic OH excluding ortho intramolecular Hbond substituents is 3. The molecule has 0 amide bonds. The van der Waals surface area contributed by atoms with Gasteiger partial charge in [0.2, 0.25) is 0 Å². The molecule has 43 heavy (non-hydrogen) atoms. The summed E-state index contributed by atoms with van der Waals surface area (Å²) >= 11 is 0. The van der Waals surface area contributed by atoms with Crippen molar-refractivity contribution in [1.82, 2.24) is 9.80 Å². The van der Waals surface area contributed by atoms with Gasteiger partial charge in [0.25, 0.3) is 0 Å². The molecule has 0 saturated carbocycles. The summed E-state index contributed by atoms with van der Waals surface area (Å²) < 4.78 is 0. The summed E-state index contributed by atoms with van der Waals surface area (Å²) in [6.45, 7) is 8.76. The maximum atomic E-state index is 11.7. The molecule has 3 aromatic rings. The van der Waals surface area contributed by atoms with E-state index in [-0.39, 0.29) is 40.1 Å². The molecule has 0 unspecified atom stereocenters. The number of aldehydes is 3. The Morgan fingerprint density at radius 2 is 1.00 bits per heavy atom. The monoisotopic (exact) mass is 584 g/mol. The van der Waals surface area contributed by atoms with Gasteiger partial charge in [0.1, 0.15) is 17.2 Å². The van der Waals surface area contributed by atoms with E-state index in [0.29, 0.717) is 74.8 Å². The van der Waals surface area contributed by atoms with E-state index in [4.69, 9.17) is 0 Å². The lowest BCUT2D eigenvalue weighted by Gasteiger charge is -2.31. The van der Waals surface area contributed by atoms with Crippen LogP contribution in [-0.4, -0.2) is 95.7 Å². The van der Waals surface area contributed by atoms with Crippen LogP contribution in [0, 0.1) is 20.8 Å². The van der Waals surface area contributed by atoms with Crippen molar-refractivity contribution in [3.63, 3.8) is 0 Å². The highest BCUT2D eigenvalue weighted by molar-refractivity contribution is 5.91. The number of benzene rings is 3. The van der Waals surface area contributed by atoms with Gasteiger partial charge in [0, 0.05) is 55.3 Å². The average Bonchev–Trinajstić information content (AvgIpc) is 3.39. The normalized spacial score (nSPS) is 15.9. The second-order valence-electron chi connectivity index (χ2n) is 10.7. The molecule has 0 atom stereocenters. The van der Waals surface area contributed by atoms with Gasteiger partial charge in [-0.1, -0.05) is 0 Å². The molecule has 1 saturated heterocycles. The van der Waals surface area contributed by atoms with Crippen molar-refractivity contribution in [3.8, 4) is 17.2 Å². The number of carbonyl (C=O) groups excluding carboxylic acids is 3. The van der Waals surface area contributed by atoms with E-state index in [2.05, 4.69) is 19.8 Å². The van der Waals surface area contributed by atoms with Crippen LogP contribution in [0.15, 0.2) is 46.4 Å². The van der Waals surface area contributed by atoms with Gasteiger partial charge >= 0.3 is 0 Å². The van der Waals surface area contributed by atoms with E-state index in [1.54, 1.807) is 42.8 Å². The number of hydrogen-bond acceptors (Lipinski definition) is 10. The van der Waals surface area contributed by atoms with Gasteiger partial charge in [0.05, 0.1) is 35.9 Å². The highest BCUT2D eigenvalue weighted by atomic mass is 16.3. The Labute approximate surface area is 250 Å². The zero-order valence-corrected chi connectivity index (χ0v) is 24.5. The minimum absolute atomic E-state index is 0.0633. The van der Waals surface area contributed by atoms with Crippen molar-refractivity contribution in [1.29, 1.82) is 0 Å². The van der Waals surface area contributed by atoms with Gasteiger partial charge in [-0.2, -0.15) is 0 Å². The van der Waals surface area contributed by atoms with Crippen molar-refractivity contribution in [2.24, 2.45) is 9.98 Å². The lowest BCUT2D eigenvalue weighted by atomic mass is 10.0. The van der Waals surface area contributed by atoms with Crippen molar-refractivity contribution >= 4 is 31.3 Å². The Morgan fingerprint density at radius 1 is 0.628 bits per heavy atom. The second kappa shape index (κ2) is 14.0. The number of rotatable bonds is 12. The Bertz CT molecular complexity index is 1500. The number of nitrogens with zero attached hydrogens (tertiary/aromatic N) is 4. The van der Waals surface area contributed by atoms with Crippen molar-refractivity contribution in [2.45, 2.75) is 26.9 Å². The van der Waals surface area contributed by atoms with Crippen LogP contribution in [0.2, 0.25) is 0 Å². The van der Waals surface area contributed by atoms with Crippen LogP contribution in [0.25, 0.3) is 0 Å². The molecule has 10 nitrogen and oxygen atoms in total. The van der Waals surface area contributed by atoms with Crippen LogP contribution in [-0.2, 0) is 0 Å². The number of phenols is 3. The molecular weight excluding hydrogens is 548 g/mol. The van der Waals surface area contributed by atoms with Crippen LogP contribution in [0.1, 0.15) is 70.6 Å². The molecule has 0 spiro atoms. The standard InChI is InChI=1S/C33H36N4O6/c1-21-10-24(30(41)26(12-21)18-38)16-34-4-6-36-8-9-37(33(36)29-15-23(3)14-28(20-40)32(29)43)7-5-35-17-25-11-22(2)13-27(19-39)31(25)42/h10-20,33,41-43H,4-9H2,1-3H3. The summed E-state index contributed by atoms with van der Waals surface area (Å²) in [4.78, 5) is 47.5. The molecule has 1 heterocycles. The fraction of sp³-hybridized carbons (Fsp3) is 0.303. The molecule has 224 valence electrons. The van der Waals surface area contributed by atoms with E-state index in [0.717, 1.165) is 16.7 Å². The third-order valence-electron chi connectivity index (χ3n) is 7.46. The largest absolute Gasteiger partial charge is 0.507 e. The van der Waals surface area contributed by atoms with Gasteiger partial charge in [-0.15, -0.1) is 0 Å². The van der Waals surface area contributed by atoms with Crippen LogP contribution >= 0.6 is 0 Å². The lowest BCUT2D eigenvalue weighted by Crippen LogP contribution is -2.34. The summed E-state index contributed by atoms with van der Waals surface area (Å²) in [7, 11) is 0. The summed E-state index contributed by atoms with van der Waals surface area (Å²) in [5.41, 5.74) is 4.71. The molecular formula is C33H36N4O6. The predicted octanol–water partition coefficient (Wildman–Crippen LogP) is 4.02. The number of aliphatic imine (C=N–C) groups is 2. The van der Waals surface area contributed by atoms with E-state index in [1.165, 1.54) is 0 Å². The lowest BCUT2D eigenvalue weighted by molar-refractivity contribution is 0.111. The predicted molar refractivity (Wildman–Crippen MR) is 166 cm³/mol. The molecule has 4 rings (SSSR count). The van der Waals surface area contributed by atoms with Crippen LogP contribution in [0.5, 0.6) is 17.2 Å². The first-order valence-electron chi connectivity index (χ1n) is 14.0. The summed E-state index contributed by atoms with van der Waals surface area (Å²) in [6, 6.07) is 10.3. The molecule has 0 bridgehead atoms. The SMILES string of the molecule is Cc1cc(C=O)c(O)c(C=NCCN2CCN(CCN=Cc3cc(C)cc(C=O)c3O)C2c2cc(C)cc(C=O)c2O)c1. The Morgan fingerprint density at radius 3 is 1.42 bits per heavy atom. The second-order valence-corrected chi connectivity index (χ2v) is 10.7. The Balaban J connectivity index is 1.53. The first kappa shape index (κ1) is 31.3. The Hall–Kier alpha value is -4.67. The van der Waals surface area contributed by atoms with Crippen LogP contribution < -0.4 is 0 Å². The van der Waals surface area contributed by atoms with Gasteiger partial charge in [-0.3, -0.25) is 34.2 Å². The van der Waals surface area contributed by atoms with Crippen molar-refractivity contribution in [3.05, 3.63) is 86.5 Å². The summed E-state index contributed by atoms with van der Waals surface area (Å²) in [5.74, 6) is -0.281. The molecule has 0 aromatic heterocycles. The van der Waals surface area contributed by atoms with E-state index in [9.17, 15) is 29.7 Å². The molecule has 0 radical (unpaired) electrons. The van der Waals surface area contributed by atoms with Gasteiger partial charge < -0.3 is 15.3 Å². The molecule has 1 fully saturated rings. The molecule has 1 aliphatic rings. The van der Waals surface area contributed by atoms with Gasteiger partial charge in [-0.25, -0.2) is 0 Å². The summed E-state index contributed by atoms with van der Waals surface area (Å²) in [5, 5.41) is 31.7.